The van der Waals surface area contributed by atoms with Crippen LogP contribution in [0, 0.1) is 0 Å². The van der Waals surface area contributed by atoms with Crippen molar-refractivity contribution in [2.24, 2.45) is 5.73 Å². The van der Waals surface area contributed by atoms with E-state index in [9.17, 15) is 0 Å². The zero-order chi connectivity index (χ0) is 11.0. The molecule has 3 rings (SSSR count). The summed E-state index contributed by atoms with van der Waals surface area (Å²) in [6, 6.07) is 4.36. The van der Waals surface area contributed by atoms with Crippen molar-refractivity contribution in [2.45, 2.75) is 31.7 Å². The Morgan fingerprint density at radius 3 is 2.62 bits per heavy atom. The third-order valence-electron chi connectivity index (χ3n) is 3.41. The summed E-state index contributed by atoms with van der Waals surface area (Å²) in [5.41, 5.74) is 8.78. The van der Waals surface area contributed by atoms with Crippen molar-refractivity contribution in [1.29, 1.82) is 0 Å². The van der Waals surface area contributed by atoms with E-state index in [4.69, 9.17) is 15.2 Å². The Morgan fingerprint density at radius 1 is 1.06 bits per heavy atom. The maximum atomic E-state index is 6.18. The fraction of sp³-hybridized carbons (Fsp3) is 0.538. The number of fused-ring (bicyclic) bond motifs is 2. The molecule has 0 spiro atoms. The van der Waals surface area contributed by atoms with E-state index >= 15 is 0 Å². The number of hydrogen-bond donors (Lipinski definition) is 1. The summed E-state index contributed by atoms with van der Waals surface area (Å²) in [6.45, 7) is 1.29. The topological polar surface area (TPSA) is 44.5 Å². The lowest BCUT2D eigenvalue weighted by molar-refractivity contribution is 0.171. The summed E-state index contributed by atoms with van der Waals surface area (Å²) in [5.74, 6) is 1.75. The molecule has 0 saturated heterocycles. The van der Waals surface area contributed by atoms with E-state index in [1.54, 1.807) is 0 Å². The number of nitrogens with two attached hydrogens (primary N) is 1. The van der Waals surface area contributed by atoms with Crippen molar-refractivity contribution in [3.63, 3.8) is 0 Å². The zero-order valence-electron chi connectivity index (χ0n) is 9.37. The number of ether oxygens (including phenoxy) is 2. The lowest BCUT2D eigenvalue weighted by atomic mass is 9.98. The van der Waals surface area contributed by atoms with Gasteiger partial charge in [0, 0.05) is 6.04 Å². The van der Waals surface area contributed by atoms with E-state index in [0.29, 0.717) is 13.2 Å². The highest BCUT2D eigenvalue weighted by molar-refractivity contribution is 5.49. The lowest BCUT2D eigenvalue weighted by Gasteiger charge is -2.22. The molecule has 86 valence electrons. The fourth-order valence-corrected chi connectivity index (χ4v) is 2.54. The summed E-state index contributed by atoms with van der Waals surface area (Å²) >= 11 is 0. The summed E-state index contributed by atoms with van der Waals surface area (Å²) in [5, 5.41) is 0. The van der Waals surface area contributed by atoms with E-state index in [0.717, 1.165) is 24.3 Å². The molecule has 3 nitrogen and oxygen atoms in total. The average Bonchev–Trinajstić information content (AvgIpc) is 2.49. The molecule has 0 fully saturated rings. The third-order valence-corrected chi connectivity index (χ3v) is 3.41. The molecule has 0 amide bonds. The molecule has 3 heteroatoms. The summed E-state index contributed by atoms with van der Waals surface area (Å²) in [7, 11) is 0. The summed E-state index contributed by atoms with van der Waals surface area (Å²) in [6.07, 6.45) is 4.62. The van der Waals surface area contributed by atoms with Crippen LogP contribution in [0.3, 0.4) is 0 Å². The van der Waals surface area contributed by atoms with Gasteiger partial charge in [-0.25, -0.2) is 0 Å². The standard InChI is InChI=1S/C13H17NO2/c14-11-4-2-1-3-9-7-12-13(8-10(9)11)16-6-5-15-12/h7-8,11H,1-6,14H2/t11-/m0/s1. The Morgan fingerprint density at radius 2 is 1.81 bits per heavy atom. The fourth-order valence-electron chi connectivity index (χ4n) is 2.54. The smallest absolute Gasteiger partial charge is 0.161 e. The third kappa shape index (κ3) is 1.65. The van der Waals surface area contributed by atoms with Gasteiger partial charge in [-0.05, 0) is 42.5 Å². The van der Waals surface area contributed by atoms with E-state index < -0.39 is 0 Å². The minimum Gasteiger partial charge on any atom is -0.486 e. The van der Waals surface area contributed by atoms with Crippen molar-refractivity contribution in [3.05, 3.63) is 23.3 Å². The van der Waals surface area contributed by atoms with Crippen molar-refractivity contribution in [2.75, 3.05) is 13.2 Å². The zero-order valence-corrected chi connectivity index (χ0v) is 9.37. The Kier molecular flexibility index (Phi) is 2.48. The number of aryl methyl sites for hydroxylation is 1. The second-order valence-corrected chi connectivity index (χ2v) is 4.55. The Balaban J connectivity index is 2.06. The highest BCUT2D eigenvalue weighted by Crippen LogP contribution is 2.37. The van der Waals surface area contributed by atoms with Crippen LogP contribution in [-0.2, 0) is 6.42 Å². The van der Waals surface area contributed by atoms with Crippen LogP contribution in [0.1, 0.15) is 36.4 Å². The van der Waals surface area contributed by atoms with Gasteiger partial charge in [-0.1, -0.05) is 6.42 Å². The first-order chi connectivity index (χ1) is 7.84. The van der Waals surface area contributed by atoms with Crippen LogP contribution in [0.5, 0.6) is 11.5 Å². The SMILES string of the molecule is N[C@H]1CCCCc2cc3c(cc21)OCCO3. The van der Waals surface area contributed by atoms with Gasteiger partial charge in [-0.2, -0.15) is 0 Å². The highest BCUT2D eigenvalue weighted by atomic mass is 16.6. The van der Waals surface area contributed by atoms with Gasteiger partial charge in [0.15, 0.2) is 11.5 Å². The molecular formula is C13H17NO2. The van der Waals surface area contributed by atoms with Crippen LogP contribution in [0.2, 0.25) is 0 Å². The Hall–Kier alpha value is -1.22. The molecule has 2 N–H and O–H groups in total. The number of benzene rings is 1. The van der Waals surface area contributed by atoms with Crippen molar-refractivity contribution in [1.82, 2.24) is 0 Å². The van der Waals surface area contributed by atoms with E-state index in [1.807, 2.05) is 0 Å². The van der Waals surface area contributed by atoms with Gasteiger partial charge in [0.1, 0.15) is 13.2 Å². The predicted molar refractivity (Wildman–Crippen MR) is 61.9 cm³/mol. The number of rotatable bonds is 0. The molecule has 0 saturated carbocycles. The van der Waals surface area contributed by atoms with Crippen LogP contribution in [0.25, 0.3) is 0 Å². The quantitative estimate of drug-likeness (QED) is 0.680. The van der Waals surface area contributed by atoms with Crippen LogP contribution in [0.4, 0.5) is 0 Å². The largest absolute Gasteiger partial charge is 0.486 e. The van der Waals surface area contributed by atoms with Gasteiger partial charge in [0.25, 0.3) is 0 Å². The minimum absolute atomic E-state index is 0.160. The first kappa shape index (κ1) is 9.97. The van der Waals surface area contributed by atoms with E-state index in [-0.39, 0.29) is 6.04 Å². The van der Waals surface area contributed by atoms with Gasteiger partial charge in [-0.15, -0.1) is 0 Å². The molecule has 0 radical (unpaired) electrons. The number of hydrogen-bond acceptors (Lipinski definition) is 3. The molecule has 2 aliphatic rings. The maximum Gasteiger partial charge on any atom is 0.161 e. The van der Waals surface area contributed by atoms with Gasteiger partial charge >= 0.3 is 0 Å². The Bertz CT molecular complexity index is 403. The van der Waals surface area contributed by atoms with Crippen molar-refractivity contribution in [3.8, 4) is 11.5 Å². The molecule has 1 aromatic carbocycles. The van der Waals surface area contributed by atoms with Crippen LogP contribution in [-0.4, -0.2) is 13.2 Å². The van der Waals surface area contributed by atoms with Crippen molar-refractivity contribution < 1.29 is 9.47 Å². The monoisotopic (exact) mass is 219 g/mol. The first-order valence-corrected chi connectivity index (χ1v) is 6.02. The second kappa shape index (κ2) is 3.98. The molecule has 16 heavy (non-hydrogen) atoms. The molecule has 1 aliphatic carbocycles. The van der Waals surface area contributed by atoms with E-state index in [1.165, 1.54) is 24.0 Å². The molecule has 1 atom stereocenters. The van der Waals surface area contributed by atoms with Gasteiger partial charge in [0.2, 0.25) is 0 Å². The molecule has 0 bridgehead atoms. The predicted octanol–water partition coefficient (Wildman–Crippen LogP) is 2.18. The van der Waals surface area contributed by atoms with Gasteiger partial charge < -0.3 is 15.2 Å². The normalized spacial score (nSPS) is 23.4. The van der Waals surface area contributed by atoms with Crippen molar-refractivity contribution >= 4 is 0 Å². The second-order valence-electron chi connectivity index (χ2n) is 4.55. The summed E-state index contributed by atoms with van der Waals surface area (Å²) < 4.78 is 11.2. The van der Waals surface area contributed by atoms with E-state index in [2.05, 4.69) is 12.1 Å². The molecule has 1 heterocycles. The Labute approximate surface area is 95.5 Å². The average molecular weight is 219 g/mol. The molecule has 1 aromatic rings. The van der Waals surface area contributed by atoms with Crippen LogP contribution >= 0.6 is 0 Å². The minimum atomic E-state index is 0.160. The molecule has 1 aliphatic heterocycles. The highest BCUT2D eigenvalue weighted by Gasteiger charge is 2.20. The van der Waals surface area contributed by atoms with Crippen LogP contribution in [0.15, 0.2) is 12.1 Å². The first-order valence-electron chi connectivity index (χ1n) is 6.02. The molecule has 0 aromatic heterocycles. The maximum absolute atomic E-state index is 6.18. The van der Waals surface area contributed by atoms with Crippen LogP contribution < -0.4 is 15.2 Å². The van der Waals surface area contributed by atoms with Gasteiger partial charge in [-0.3, -0.25) is 0 Å². The molecule has 0 unspecified atom stereocenters. The lowest BCUT2D eigenvalue weighted by Crippen LogP contribution is -2.17. The molecular weight excluding hydrogens is 202 g/mol. The summed E-state index contributed by atoms with van der Waals surface area (Å²) in [4.78, 5) is 0. The van der Waals surface area contributed by atoms with Gasteiger partial charge in [0.05, 0.1) is 0 Å².